The first-order chi connectivity index (χ1) is 18.4. The van der Waals surface area contributed by atoms with E-state index in [4.69, 9.17) is 26.3 Å². The molecule has 2 saturated carbocycles. The van der Waals surface area contributed by atoms with Crippen molar-refractivity contribution >= 4 is 0 Å². The van der Waals surface area contributed by atoms with Crippen LogP contribution in [0.5, 0.6) is 0 Å². The number of allylic oxidation sites excluding steroid dienone is 8. The fourth-order valence-corrected chi connectivity index (χ4v) is 2.06. The van der Waals surface area contributed by atoms with Crippen LogP contribution in [0, 0.1) is 50.0 Å². The van der Waals surface area contributed by atoms with Gasteiger partial charge in [-0.05, 0) is 30.1 Å². The summed E-state index contributed by atoms with van der Waals surface area (Å²) in [6.45, 7) is 52.4. The second-order valence-electron chi connectivity index (χ2n) is 7.63. The Labute approximate surface area is 391 Å². The van der Waals surface area contributed by atoms with Gasteiger partial charge in [-0.25, -0.2) is 0 Å². The predicted molar refractivity (Wildman–Crippen MR) is 260 cm³/mol. The van der Waals surface area contributed by atoms with E-state index in [2.05, 4.69) is 65.8 Å². The van der Waals surface area contributed by atoms with E-state index >= 15 is 0 Å². The van der Waals surface area contributed by atoms with Gasteiger partial charge in [-0.15, -0.1) is 0 Å². The van der Waals surface area contributed by atoms with Gasteiger partial charge in [-0.3, -0.25) is 0 Å². The third kappa shape index (κ3) is 182. The van der Waals surface area contributed by atoms with E-state index in [-0.39, 0.29) is 147 Å². The van der Waals surface area contributed by atoms with Crippen molar-refractivity contribution in [2.75, 3.05) is 0 Å². The third-order valence-corrected chi connectivity index (χ3v) is 4.98. The van der Waals surface area contributed by atoms with Crippen molar-refractivity contribution < 1.29 is 65.4 Å². The second kappa shape index (κ2) is 176. The van der Waals surface area contributed by atoms with Crippen LogP contribution in [0.1, 0.15) is 231 Å². The van der Waals surface area contributed by atoms with E-state index in [1.165, 1.54) is 56.4 Å². The average molecular weight is 887 g/mol. The average Bonchev–Trinajstić information content (AvgIpc) is 3.62. The fourth-order valence-electron chi connectivity index (χ4n) is 2.06. The van der Waals surface area contributed by atoms with Crippen LogP contribution in [0.25, 0.3) is 0 Å². The Hall–Kier alpha value is 0.648. The molecule has 0 heterocycles. The van der Waals surface area contributed by atoms with Gasteiger partial charge in [-0.2, -0.15) is 0 Å². The molecule has 2 radical (unpaired) electrons. The van der Waals surface area contributed by atoms with Crippen LogP contribution in [-0.4, -0.2) is 0 Å². The number of rotatable bonds is 2. The summed E-state index contributed by atoms with van der Waals surface area (Å²) in [4.78, 5) is 0. The first kappa shape index (κ1) is 141. The van der Waals surface area contributed by atoms with Crippen LogP contribution < -0.4 is 0 Å². The van der Waals surface area contributed by atoms with E-state index in [9.17, 15) is 0 Å². The Morgan fingerprint density at radius 1 is 0.392 bits per heavy atom. The molecule has 0 bridgehead atoms. The molecule has 0 N–H and O–H groups in total. The van der Waals surface area contributed by atoms with Gasteiger partial charge < -0.3 is 50.6 Å². The van der Waals surface area contributed by atoms with Gasteiger partial charge in [-0.1, -0.05) is 249 Å². The second-order valence-corrected chi connectivity index (χ2v) is 7.63. The Morgan fingerprint density at radius 3 is 0.529 bits per heavy atom. The molecule has 3 aliphatic rings. The quantitative estimate of drug-likeness (QED) is 0.191. The van der Waals surface area contributed by atoms with Gasteiger partial charge in [0.25, 0.3) is 0 Å². The molecule has 4 atom stereocenters. The third-order valence-electron chi connectivity index (χ3n) is 4.98. The minimum absolute atomic E-state index is 0. The largest absolute Gasteiger partial charge is 0.394 e. The van der Waals surface area contributed by atoms with E-state index in [0.717, 1.165) is 30.1 Å². The van der Waals surface area contributed by atoms with E-state index in [0.29, 0.717) is 0 Å². The summed E-state index contributed by atoms with van der Waals surface area (Å²) in [5.74, 6) is 4.13. The number of hydrogen-bond donors (Lipinski definition) is 0. The van der Waals surface area contributed by atoms with Crippen LogP contribution in [0.3, 0.4) is 0 Å². The SMILES string of the molecule is C.C.C.C.C.C.C.C.C.C.C.C1=CCC=C1.CC.CC.CC.CC.CC.CC1CCC1C.CC1CCC1C.CCC.[CH-]=CC=[CH-].[CH-]=CC=[CH-].[Y].[Y]. The topological polar surface area (TPSA) is 0 Å². The first-order valence-electron chi connectivity index (χ1n) is 15.8. The maximum Gasteiger partial charge on any atom is 0 e. The maximum atomic E-state index is 4.72. The molecule has 326 valence electrons. The van der Waals surface area contributed by atoms with Gasteiger partial charge in [0.1, 0.15) is 0 Å². The molecule has 0 nitrogen and oxygen atoms in total. The standard InChI is InChI=1S/2C6H12.C5H6.2C4H4.C3H8.5C2H6.11CH4.2Y/c2*1-5-3-4-6(5)2;1-2-4-5-3-1;2*1-3-4-2;1-3-2;5*1-2;;;;;;;;;;;;;/h2*5-6H,3-4H2,1-2H3;1-4H,5H2;2*1-4H;3H2,1-2H3;5*1-2H3;11*1H4;;/q;;;2*-2;;;;;;;;;;;;;;;;;;;. The molecule has 0 amide bonds. The summed E-state index contributed by atoms with van der Waals surface area (Å²) in [6, 6.07) is 0. The summed E-state index contributed by atoms with van der Waals surface area (Å²) in [6.07, 6.45) is 21.8. The van der Waals surface area contributed by atoms with Crippen molar-refractivity contribution in [1.29, 1.82) is 0 Å². The summed E-state index contributed by atoms with van der Waals surface area (Å²) in [7, 11) is 0. The molecule has 51 heavy (non-hydrogen) atoms. The van der Waals surface area contributed by atoms with Crippen molar-refractivity contribution in [2.45, 2.75) is 231 Å². The fraction of sp³-hybridized carbons (Fsp3) is 0.755. The molecule has 2 heteroatoms. The Kier molecular flexibility index (Phi) is 486. The Morgan fingerprint density at radius 2 is 0.510 bits per heavy atom. The zero-order valence-electron chi connectivity index (χ0n) is 30.6. The summed E-state index contributed by atoms with van der Waals surface area (Å²) in [5, 5.41) is 0. The molecule has 0 aliphatic heterocycles. The molecule has 0 aromatic heterocycles. The molecule has 2 fully saturated rings. The molecule has 3 rings (SSSR count). The first-order valence-corrected chi connectivity index (χ1v) is 15.8. The molecule has 0 aromatic rings. The van der Waals surface area contributed by atoms with Crippen molar-refractivity contribution in [3.05, 3.63) is 74.9 Å². The number of hydrogen-bond acceptors (Lipinski definition) is 0. The Bertz CT molecular complexity index is 356. The zero-order chi connectivity index (χ0) is 32.2. The molecule has 0 aromatic carbocycles. The van der Waals surface area contributed by atoms with Gasteiger partial charge in [0, 0.05) is 65.4 Å². The van der Waals surface area contributed by atoms with Crippen molar-refractivity contribution in [3.63, 3.8) is 0 Å². The monoisotopic (exact) mass is 887 g/mol. The van der Waals surface area contributed by atoms with Crippen molar-refractivity contribution in [2.24, 2.45) is 23.7 Å². The van der Waals surface area contributed by atoms with Crippen LogP contribution >= 0.6 is 0 Å². The van der Waals surface area contributed by atoms with Gasteiger partial charge in [0.2, 0.25) is 0 Å². The van der Waals surface area contributed by atoms with Crippen molar-refractivity contribution in [1.82, 2.24) is 0 Å². The van der Waals surface area contributed by atoms with E-state index in [1.54, 1.807) is 0 Å². The predicted octanol–water partition coefficient (Wildman–Crippen LogP) is 21.1. The van der Waals surface area contributed by atoms with Gasteiger partial charge in [0.05, 0.1) is 0 Å². The minimum Gasteiger partial charge on any atom is -0.394 e. The molecular formula is C49H120Y2-4. The van der Waals surface area contributed by atoms with Crippen LogP contribution in [0.2, 0.25) is 0 Å². The van der Waals surface area contributed by atoms with Crippen LogP contribution in [0.15, 0.2) is 48.6 Å². The summed E-state index contributed by atoms with van der Waals surface area (Å²) < 4.78 is 0. The molecular weight excluding hydrogens is 766 g/mol. The Balaban J connectivity index is -0.0000000102. The molecule has 4 unspecified atom stereocenters. The molecule has 3 aliphatic carbocycles. The molecule has 0 spiro atoms. The van der Waals surface area contributed by atoms with Gasteiger partial charge >= 0.3 is 0 Å². The van der Waals surface area contributed by atoms with Crippen LogP contribution in [0.4, 0.5) is 0 Å². The van der Waals surface area contributed by atoms with Crippen molar-refractivity contribution in [3.8, 4) is 0 Å². The molecule has 0 saturated heterocycles. The summed E-state index contributed by atoms with van der Waals surface area (Å²) >= 11 is 0. The van der Waals surface area contributed by atoms with Crippen LogP contribution in [-0.2, 0) is 65.4 Å². The minimum atomic E-state index is 0. The summed E-state index contributed by atoms with van der Waals surface area (Å²) in [5.41, 5.74) is 0. The zero-order valence-corrected chi connectivity index (χ0v) is 36.3. The maximum absolute atomic E-state index is 4.72. The smallest absolute Gasteiger partial charge is 0 e. The van der Waals surface area contributed by atoms with E-state index in [1.807, 2.05) is 69.2 Å². The van der Waals surface area contributed by atoms with E-state index < -0.39 is 0 Å². The normalized spacial score (nSPS) is 14.0. The van der Waals surface area contributed by atoms with Gasteiger partial charge in [0.15, 0.2) is 0 Å².